The number of carbonyl (C=O) groups is 4. The first-order chi connectivity index (χ1) is 16.7. The minimum atomic E-state index is -0.695. The number of hydrogen-bond acceptors (Lipinski definition) is 7. The van der Waals surface area contributed by atoms with Gasteiger partial charge in [0.15, 0.2) is 0 Å². The summed E-state index contributed by atoms with van der Waals surface area (Å²) < 4.78 is 15.4. The first-order valence-electron chi connectivity index (χ1n) is 10.0. The molecule has 2 heterocycles. The van der Waals surface area contributed by atoms with Crippen LogP contribution in [0.4, 0.5) is 4.79 Å². The van der Waals surface area contributed by atoms with Crippen molar-refractivity contribution in [1.82, 2.24) is 10.2 Å². The molecule has 1 N–H and O–H groups in total. The lowest BCUT2D eigenvalue weighted by molar-refractivity contribution is -0.123. The van der Waals surface area contributed by atoms with Crippen LogP contribution in [0.2, 0.25) is 10.0 Å². The Balaban J connectivity index is 1.55. The van der Waals surface area contributed by atoms with Crippen molar-refractivity contribution in [2.45, 2.75) is 6.54 Å². The monoisotopic (exact) mass is 514 g/mol. The Bertz CT molecular complexity index is 1360. The summed E-state index contributed by atoms with van der Waals surface area (Å²) >= 11 is 11.9. The molecule has 3 amide bonds. The van der Waals surface area contributed by atoms with E-state index in [9.17, 15) is 19.2 Å². The van der Waals surface area contributed by atoms with Gasteiger partial charge in [-0.05, 0) is 60.7 Å². The molecule has 11 heteroatoms. The van der Waals surface area contributed by atoms with Crippen LogP contribution in [0.5, 0.6) is 5.75 Å². The van der Waals surface area contributed by atoms with Crippen molar-refractivity contribution in [1.29, 1.82) is 0 Å². The Labute approximate surface area is 208 Å². The van der Waals surface area contributed by atoms with Crippen LogP contribution in [0.15, 0.2) is 64.7 Å². The molecule has 0 aliphatic carbocycles. The van der Waals surface area contributed by atoms with Gasteiger partial charge in [0.05, 0.1) is 19.2 Å². The van der Waals surface area contributed by atoms with Gasteiger partial charge in [-0.15, -0.1) is 0 Å². The number of nitrogens with one attached hydrogen (secondary N) is 1. The van der Waals surface area contributed by atoms with Crippen LogP contribution >= 0.6 is 23.2 Å². The molecule has 2 aromatic carbocycles. The highest BCUT2D eigenvalue weighted by molar-refractivity contribution is 6.31. The minimum Gasteiger partial charge on any atom is -0.463 e. The molecule has 1 fully saturated rings. The van der Waals surface area contributed by atoms with Crippen molar-refractivity contribution in [2.75, 3.05) is 7.11 Å². The molecule has 1 aromatic heterocycles. The van der Waals surface area contributed by atoms with E-state index in [-0.39, 0.29) is 40.6 Å². The van der Waals surface area contributed by atoms with E-state index in [0.717, 1.165) is 4.90 Å². The van der Waals surface area contributed by atoms with Gasteiger partial charge in [0.2, 0.25) is 5.76 Å². The van der Waals surface area contributed by atoms with E-state index in [1.807, 2.05) is 0 Å². The summed E-state index contributed by atoms with van der Waals surface area (Å²) in [7, 11) is 1.20. The molecule has 1 aliphatic rings. The van der Waals surface area contributed by atoms with Gasteiger partial charge in [-0.3, -0.25) is 9.69 Å². The van der Waals surface area contributed by atoms with Crippen LogP contribution in [-0.4, -0.2) is 35.9 Å². The third-order valence-electron chi connectivity index (χ3n) is 4.88. The number of halogens is 2. The average molecular weight is 515 g/mol. The molecule has 0 saturated carbocycles. The van der Waals surface area contributed by atoms with Crippen molar-refractivity contribution in [2.24, 2.45) is 0 Å². The SMILES string of the molecule is COC(=O)c1ccc(CN2C(=O)N/C(=C\c3cc(Cl)ccc3OC(=O)c3ccc(Cl)cc3)C2=O)o1. The van der Waals surface area contributed by atoms with Gasteiger partial charge in [-0.2, -0.15) is 0 Å². The van der Waals surface area contributed by atoms with Gasteiger partial charge >= 0.3 is 18.0 Å². The Hall–Kier alpha value is -4.08. The molecule has 0 spiro atoms. The lowest BCUT2D eigenvalue weighted by atomic mass is 10.1. The molecule has 4 rings (SSSR count). The Morgan fingerprint density at radius 3 is 2.43 bits per heavy atom. The number of hydrogen-bond donors (Lipinski definition) is 1. The number of amides is 3. The molecule has 0 unspecified atom stereocenters. The molecular formula is C24H16Cl2N2O7. The van der Waals surface area contributed by atoms with E-state index < -0.39 is 23.9 Å². The molecule has 35 heavy (non-hydrogen) atoms. The van der Waals surface area contributed by atoms with Gasteiger partial charge in [-0.1, -0.05) is 23.2 Å². The normalized spacial score (nSPS) is 14.3. The van der Waals surface area contributed by atoms with E-state index in [0.29, 0.717) is 10.0 Å². The second-order valence-electron chi connectivity index (χ2n) is 7.22. The number of carbonyl (C=O) groups excluding carboxylic acids is 4. The van der Waals surface area contributed by atoms with Crippen LogP contribution in [-0.2, 0) is 16.1 Å². The predicted octanol–water partition coefficient (Wildman–Crippen LogP) is 4.69. The molecule has 1 aliphatic heterocycles. The Kier molecular flexibility index (Phi) is 6.90. The van der Waals surface area contributed by atoms with Crippen LogP contribution in [0.1, 0.15) is 32.2 Å². The minimum absolute atomic E-state index is 0.0589. The van der Waals surface area contributed by atoms with Gasteiger partial charge < -0.3 is 19.2 Å². The van der Waals surface area contributed by atoms with E-state index in [1.54, 1.807) is 12.1 Å². The first-order valence-corrected chi connectivity index (χ1v) is 10.8. The smallest absolute Gasteiger partial charge is 0.373 e. The van der Waals surface area contributed by atoms with E-state index in [2.05, 4.69) is 10.1 Å². The Morgan fingerprint density at radius 1 is 1.00 bits per heavy atom. The molecule has 3 aromatic rings. The summed E-state index contributed by atoms with van der Waals surface area (Å²) in [6.07, 6.45) is 1.35. The van der Waals surface area contributed by atoms with Crippen LogP contribution in [0.3, 0.4) is 0 Å². The summed E-state index contributed by atoms with van der Waals surface area (Å²) in [5.74, 6) is -1.72. The summed E-state index contributed by atoms with van der Waals surface area (Å²) in [4.78, 5) is 50.3. The summed E-state index contributed by atoms with van der Waals surface area (Å²) in [5, 5.41) is 3.26. The first kappa shape index (κ1) is 24.1. The fourth-order valence-corrected chi connectivity index (χ4v) is 3.48. The zero-order valence-corrected chi connectivity index (χ0v) is 19.6. The highest BCUT2D eigenvalue weighted by atomic mass is 35.5. The highest BCUT2D eigenvalue weighted by Crippen LogP contribution is 2.28. The maximum atomic E-state index is 12.9. The van der Waals surface area contributed by atoms with E-state index in [1.165, 1.54) is 55.7 Å². The van der Waals surface area contributed by atoms with Crippen molar-refractivity contribution < 1.29 is 33.1 Å². The lowest BCUT2D eigenvalue weighted by Crippen LogP contribution is -2.30. The lowest BCUT2D eigenvalue weighted by Gasteiger charge is -2.10. The van der Waals surface area contributed by atoms with Crippen molar-refractivity contribution in [3.8, 4) is 5.75 Å². The van der Waals surface area contributed by atoms with Gasteiger partial charge in [-0.25, -0.2) is 14.4 Å². The van der Waals surface area contributed by atoms with E-state index >= 15 is 0 Å². The number of methoxy groups -OCH3 is 1. The van der Waals surface area contributed by atoms with Crippen molar-refractivity contribution in [3.05, 3.63) is 93.0 Å². The third-order valence-corrected chi connectivity index (χ3v) is 5.37. The topological polar surface area (TPSA) is 115 Å². The summed E-state index contributed by atoms with van der Waals surface area (Å²) in [6, 6.07) is 12.7. The van der Waals surface area contributed by atoms with E-state index in [4.69, 9.17) is 32.4 Å². The number of ether oxygens (including phenoxy) is 2. The fraction of sp³-hybridized carbons (Fsp3) is 0.0833. The van der Waals surface area contributed by atoms with Crippen LogP contribution < -0.4 is 10.1 Å². The molecule has 9 nitrogen and oxygen atoms in total. The number of rotatable bonds is 6. The zero-order valence-electron chi connectivity index (χ0n) is 18.0. The standard InChI is InChI=1S/C24H16Cl2N2O7/c1-33-23(31)20-9-7-17(34-20)12-28-21(29)18(27-24(28)32)11-14-10-16(26)6-8-19(14)35-22(30)13-2-4-15(25)5-3-13/h2-11H,12H2,1H3,(H,27,32)/b18-11-. The zero-order chi connectivity index (χ0) is 25.1. The summed E-state index contributed by atoms with van der Waals surface area (Å²) in [6.45, 7) is -0.215. The van der Waals surface area contributed by atoms with Gasteiger partial charge in [0.25, 0.3) is 5.91 Å². The fourth-order valence-electron chi connectivity index (χ4n) is 3.17. The second kappa shape index (κ2) is 10.0. The Morgan fingerprint density at radius 2 is 1.71 bits per heavy atom. The predicted molar refractivity (Wildman–Crippen MR) is 125 cm³/mol. The molecule has 1 saturated heterocycles. The molecule has 0 atom stereocenters. The molecular weight excluding hydrogens is 499 g/mol. The van der Waals surface area contributed by atoms with Crippen LogP contribution in [0, 0.1) is 0 Å². The highest BCUT2D eigenvalue weighted by Gasteiger charge is 2.34. The number of imide groups is 1. The molecule has 178 valence electrons. The number of benzene rings is 2. The van der Waals surface area contributed by atoms with Crippen molar-refractivity contribution >= 4 is 53.2 Å². The molecule has 0 radical (unpaired) electrons. The van der Waals surface area contributed by atoms with Crippen molar-refractivity contribution in [3.63, 3.8) is 0 Å². The van der Waals surface area contributed by atoms with Gasteiger partial charge in [0, 0.05) is 15.6 Å². The largest absolute Gasteiger partial charge is 0.463 e. The maximum Gasteiger partial charge on any atom is 0.373 e. The second-order valence-corrected chi connectivity index (χ2v) is 8.09. The average Bonchev–Trinajstić information content (AvgIpc) is 3.41. The molecule has 0 bridgehead atoms. The number of nitrogens with zero attached hydrogens (tertiary/aromatic N) is 1. The van der Waals surface area contributed by atoms with Crippen LogP contribution in [0.25, 0.3) is 6.08 Å². The summed E-state index contributed by atoms with van der Waals surface area (Å²) in [5.41, 5.74) is 0.487. The number of esters is 2. The van der Waals surface area contributed by atoms with Gasteiger partial charge in [0.1, 0.15) is 17.2 Å². The third kappa shape index (κ3) is 5.37. The maximum absolute atomic E-state index is 12.9. The number of furan rings is 1. The quantitative estimate of drug-likeness (QED) is 0.219. The number of urea groups is 1.